The number of sulfone groups is 1. The number of hydrogen-bond acceptors (Lipinski definition) is 5. The van der Waals surface area contributed by atoms with E-state index in [0.717, 1.165) is 5.56 Å². The maximum Gasteiger partial charge on any atom is 0.250 e. The molecular formula is C15H17N3O3S. The van der Waals surface area contributed by atoms with Crippen LogP contribution in [0.2, 0.25) is 0 Å². The number of primary amides is 1. The Morgan fingerprint density at radius 3 is 2.14 bits per heavy atom. The summed E-state index contributed by atoms with van der Waals surface area (Å²) >= 11 is 0. The number of nitrogen functional groups attached to an aromatic ring is 1. The summed E-state index contributed by atoms with van der Waals surface area (Å²) in [5.74, 6) is -0.771. The van der Waals surface area contributed by atoms with Crippen molar-refractivity contribution >= 4 is 21.4 Å². The lowest BCUT2D eigenvalue weighted by atomic mass is 10.2. The Bertz CT molecular complexity index is 799. The van der Waals surface area contributed by atoms with Crippen LogP contribution in [0.25, 0.3) is 0 Å². The smallest absolute Gasteiger partial charge is 0.250 e. The predicted molar refractivity (Wildman–Crippen MR) is 84.0 cm³/mol. The quantitative estimate of drug-likeness (QED) is 0.699. The summed E-state index contributed by atoms with van der Waals surface area (Å²) in [5, 5.41) is 0. The van der Waals surface area contributed by atoms with Gasteiger partial charge in [-0.2, -0.15) is 0 Å². The summed E-state index contributed by atoms with van der Waals surface area (Å²) in [7, 11) is -3.74. The average Bonchev–Trinajstić information content (AvgIpc) is 2.48. The van der Waals surface area contributed by atoms with Crippen LogP contribution in [0.1, 0.15) is 15.9 Å². The van der Waals surface area contributed by atoms with Gasteiger partial charge in [-0.15, -0.1) is 0 Å². The lowest BCUT2D eigenvalue weighted by Crippen LogP contribution is -2.14. The van der Waals surface area contributed by atoms with Crippen LogP contribution in [0, 0.1) is 0 Å². The minimum absolute atomic E-state index is 0.0131. The molecule has 2 aromatic carbocycles. The summed E-state index contributed by atoms with van der Waals surface area (Å²) in [4.78, 5) is 11.4. The van der Waals surface area contributed by atoms with Crippen LogP contribution in [-0.2, 0) is 16.3 Å². The number of amides is 1. The van der Waals surface area contributed by atoms with Crippen LogP contribution in [0.15, 0.2) is 52.3 Å². The largest absolute Gasteiger partial charge is 0.398 e. The van der Waals surface area contributed by atoms with Gasteiger partial charge in [0.1, 0.15) is 0 Å². The minimum Gasteiger partial charge on any atom is -0.398 e. The number of rotatable bonds is 5. The van der Waals surface area contributed by atoms with E-state index in [2.05, 4.69) is 0 Å². The highest BCUT2D eigenvalue weighted by Gasteiger charge is 2.20. The molecule has 7 heteroatoms. The zero-order valence-electron chi connectivity index (χ0n) is 11.8. The second-order valence-electron chi connectivity index (χ2n) is 4.80. The molecule has 0 aliphatic heterocycles. The number of carbonyl (C=O) groups excluding carboxylic acids is 1. The van der Waals surface area contributed by atoms with Crippen molar-refractivity contribution in [2.24, 2.45) is 11.5 Å². The fraction of sp³-hybridized carbons (Fsp3) is 0.133. The van der Waals surface area contributed by atoms with Crippen molar-refractivity contribution in [3.05, 3.63) is 53.6 Å². The normalized spacial score (nSPS) is 11.3. The van der Waals surface area contributed by atoms with Crippen LogP contribution in [0.4, 0.5) is 5.69 Å². The van der Waals surface area contributed by atoms with Gasteiger partial charge in [0.05, 0.1) is 15.4 Å². The predicted octanol–water partition coefficient (Wildman–Crippen LogP) is 0.702. The maximum atomic E-state index is 12.6. The van der Waals surface area contributed by atoms with Gasteiger partial charge in [-0.25, -0.2) is 8.42 Å². The van der Waals surface area contributed by atoms with Gasteiger partial charge in [-0.3, -0.25) is 4.79 Å². The molecule has 116 valence electrons. The SMILES string of the molecule is NCCc1ccc(S(=O)(=O)c2ccc(N)c(C(N)=O)c2)cc1. The van der Waals surface area contributed by atoms with Crippen molar-refractivity contribution in [1.29, 1.82) is 0 Å². The molecule has 2 aromatic rings. The first-order valence-electron chi connectivity index (χ1n) is 6.59. The maximum absolute atomic E-state index is 12.6. The summed E-state index contributed by atoms with van der Waals surface area (Å²) in [6.45, 7) is 0.492. The van der Waals surface area contributed by atoms with E-state index in [1.165, 1.54) is 30.3 Å². The van der Waals surface area contributed by atoms with E-state index >= 15 is 0 Å². The van der Waals surface area contributed by atoms with E-state index in [0.29, 0.717) is 13.0 Å². The Kier molecular flexibility index (Phi) is 4.48. The molecule has 0 unspecified atom stereocenters. The molecule has 22 heavy (non-hydrogen) atoms. The molecule has 2 rings (SSSR count). The third kappa shape index (κ3) is 3.10. The first-order valence-corrected chi connectivity index (χ1v) is 8.08. The van der Waals surface area contributed by atoms with Gasteiger partial charge in [0.25, 0.3) is 5.91 Å². The number of nitrogens with two attached hydrogens (primary N) is 3. The van der Waals surface area contributed by atoms with E-state index < -0.39 is 15.7 Å². The van der Waals surface area contributed by atoms with Gasteiger partial charge in [0.15, 0.2) is 0 Å². The lowest BCUT2D eigenvalue weighted by molar-refractivity contribution is 0.100. The topological polar surface area (TPSA) is 129 Å². The van der Waals surface area contributed by atoms with Crippen molar-refractivity contribution < 1.29 is 13.2 Å². The first-order chi connectivity index (χ1) is 10.4. The molecule has 0 aliphatic rings. The second kappa shape index (κ2) is 6.17. The van der Waals surface area contributed by atoms with Crippen LogP contribution >= 0.6 is 0 Å². The molecule has 0 bridgehead atoms. The second-order valence-corrected chi connectivity index (χ2v) is 6.75. The number of benzene rings is 2. The highest BCUT2D eigenvalue weighted by atomic mass is 32.2. The molecule has 0 spiro atoms. The van der Waals surface area contributed by atoms with Crippen molar-refractivity contribution in [2.45, 2.75) is 16.2 Å². The van der Waals surface area contributed by atoms with E-state index in [1.54, 1.807) is 12.1 Å². The van der Waals surface area contributed by atoms with Gasteiger partial charge in [-0.05, 0) is 48.9 Å². The fourth-order valence-electron chi connectivity index (χ4n) is 2.05. The Morgan fingerprint density at radius 1 is 1.00 bits per heavy atom. The third-order valence-corrected chi connectivity index (χ3v) is 5.03. The van der Waals surface area contributed by atoms with Gasteiger partial charge < -0.3 is 17.2 Å². The Labute approximate surface area is 128 Å². The standard InChI is InChI=1S/C15H17N3O3S/c16-8-7-10-1-3-11(4-2-10)22(20,21)12-5-6-14(17)13(9-12)15(18)19/h1-6,9H,7-8,16-17H2,(H2,18,19). The Balaban J connectivity index is 2.46. The molecule has 0 fully saturated rings. The summed E-state index contributed by atoms with van der Waals surface area (Å²) in [6, 6.07) is 10.4. The Hall–Kier alpha value is -2.38. The van der Waals surface area contributed by atoms with Crippen LogP contribution in [0.3, 0.4) is 0 Å². The summed E-state index contributed by atoms with van der Waals surface area (Å²) < 4.78 is 25.1. The van der Waals surface area contributed by atoms with E-state index in [1.807, 2.05) is 0 Å². The van der Waals surface area contributed by atoms with Gasteiger partial charge in [-0.1, -0.05) is 12.1 Å². The average molecular weight is 319 g/mol. The molecule has 0 aromatic heterocycles. The van der Waals surface area contributed by atoms with Crippen molar-refractivity contribution in [1.82, 2.24) is 0 Å². The lowest BCUT2D eigenvalue weighted by Gasteiger charge is -2.08. The van der Waals surface area contributed by atoms with E-state index in [-0.39, 0.29) is 21.0 Å². The monoisotopic (exact) mass is 319 g/mol. The number of hydrogen-bond donors (Lipinski definition) is 3. The fourth-order valence-corrected chi connectivity index (χ4v) is 3.34. The van der Waals surface area contributed by atoms with Crippen LogP contribution in [-0.4, -0.2) is 20.9 Å². The van der Waals surface area contributed by atoms with Gasteiger partial charge >= 0.3 is 0 Å². The minimum atomic E-state index is -3.74. The van der Waals surface area contributed by atoms with Crippen molar-refractivity contribution in [3.8, 4) is 0 Å². The van der Waals surface area contributed by atoms with Crippen LogP contribution < -0.4 is 17.2 Å². The number of anilines is 1. The van der Waals surface area contributed by atoms with Crippen LogP contribution in [0.5, 0.6) is 0 Å². The molecule has 6 nitrogen and oxygen atoms in total. The molecule has 1 amide bonds. The molecule has 0 atom stereocenters. The van der Waals surface area contributed by atoms with Crippen molar-refractivity contribution in [2.75, 3.05) is 12.3 Å². The third-order valence-electron chi connectivity index (χ3n) is 3.27. The summed E-state index contributed by atoms with van der Waals surface area (Å²) in [6.07, 6.45) is 0.675. The highest BCUT2D eigenvalue weighted by Crippen LogP contribution is 2.24. The zero-order chi connectivity index (χ0) is 16.3. The van der Waals surface area contributed by atoms with E-state index in [4.69, 9.17) is 17.2 Å². The number of carbonyl (C=O) groups is 1. The van der Waals surface area contributed by atoms with Gasteiger partial charge in [0.2, 0.25) is 9.84 Å². The Morgan fingerprint density at radius 2 is 1.59 bits per heavy atom. The summed E-state index contributed by atoms with van der Waals surface area (Å²) in [5.41, 5.74) is 17.4. The molecule has 0 aliphatic carbocycles. The first kappa shape index (κ1) is 16.0. The molecule has 0 saturated carbocycles. The molecule has 0 radical (unpaired) electrons. The molecular weight excluding hydrogens is 302 g/mol. The molecule has 6 N–H and O–H groups in total. The molecule has 0 saturated heterocycles. The van der Waals surface area contributed by atoms with E-state index in [9.17, 15) is 13.2 Å². The van der Waals surface area contributed by atoms with Gasteiger partial charge in [0, 0.05) is 5.69 Å². The molecule has 0 heterocycles. The highest BCUT2D eigenvalue weighted by molar-refractivity contribution is 7.91. The van der Waals surface area contributed by atoms with Crippen molar-refractivity contribution in [3.63, 3.8) is 0 Å². The zero-order valence-corrected chi connectivity index (χ0v) is 12.6.